The van der Waals surface area contributed by atoms with Gasteiger partial charge in [-0.05, 0) is 12.5 Å². The molecule has 1 rings (SSSR count). The van der Waals surface area contributed by atoms with Gasteiger partial charge in [-0.1, -0.05) is 26.7 Å². The quantitative estimate of drug-likeness (QED) is 0.716. The fraction of sp³-hybridized carbons (Fsp3) is 0.571. The van der Waals surface area contributed by atoms with Gasteiger partial charge in [0.15, 0.2) is 0 Å². The van der Waals surface area contributed by atoms with Gasteiger partial charge in [-0.2, -0.15) is 4.31 Å². The molecule has 0 fully saturated rings. The lowest BCUT2D eigenvalue weighted by molar-refractivity contribution is 0.446. The fourth-order valence-corrected chi connectivity index (χ4v) is 3.23. The second-order valence-electron chi connectivity index (χ2n) is 4.94. The zero-order chi connectivity index (χ0) is 15.2. The SMILES string of the molecule is C#CCN(CCC)S(=O)(=O)c1c[nH]c(CNC(C)C)c1. The first kappa shape index (κ1) is 16.8. The van der Waals surface area contributed by atoms with E-state index >= 15 is 0 Å². The first-order valence-corrected chi connectivity index (χ1v) is 8.20. The van der Waals surface area contributed by atoms with Crippen LogP contribution < -0.4 is 5.32 Å². The van der Waals surface area contributed by atoms with Crippen LogP contribution in [-0.4, -0.2) is 36.8 Å². The fourth-order valence-electron chi connectivity index (χ4n) is 1.77. The lowest BCUT2D eigenvalue weighted by atomic mass is 10.3. The molecular formula is C14H23N3O2S. The molecule has 0 aromatic carbocycles. The number of nitrogens with zero attached hydrogens (tertiary/aromatic N) is 1. The van der Waals surface area contributed by atoms with Gasteiger partial charge in [0.25, 0.3) is 0 Å². The first-order valence-electron chi connectivity index (χ1n) is 6.76. The smallest absolute Gasteiger partial charge is 0.245 e. The van der Waals surface area contributed by atoms with Crippen molar-refractivity contribution in [3.05, 3.63) is 18.0 Å². The first-order chi connectivity index (χ1) is 9.41. The third-order valence-electron chi connectivity index (χ3n) is 2.80. The molecule has 6 heteroatoms. The van der Waals surface area contributed by atoms with E-state index in [1.54, 1.807) is 6.07 Å². The van der Waals surface area contributed by atoms with Crippen molar-refractivity contribution in [3.8, 4) is 12.3 Å². The lowest BCUT2D eigenvalue weighted by Crippen LogP contribution is -2.32. The van der Waals surface area contributed by atoms with Gasteiger partial charge in [0.1, 0.15) is 0 Å². The molecule has 0 radical (unpaired) electrons. The highest BCUT2D eigenvalue weighted by Crippen LogP contribution is 2.17. The predicted octanol–water partition coefficient (Wildman–Crippen LogP) is 1.55. The zero-order valence-electron chi connectivity index (χ0n) is 12.3. The van der Waals surface area contributed by atoms with Crippen LogP contribution in [-0.2, 0) is 16.6 Å². The summed E-state index contributed by atoms with van der Waals surface area (Å²) < 4.78 is 26.2. The van der Waals surface area contributed by atoms with E-state index in [1.165, 1.54) is 10.5 Å². The largest absolute Gasteiger partial charge is 0.363 e. The molecule has 1 heterocycles. The van der Waals surface area contributed by atoms with Gasteiger partial charge in [-0.25, -0.2) is 8.42 Å². The summed E-state index contributed by atoms with van der Waals surface area (Å²) in [4.78, 5) is 3.25. The molecule has 112 valence electrons. The van der Waals surface area contributed by atoms with Crippen molar-refractivity contribution in [3.63, 3.8) is 0 Å². The number of aromatic amines is 1. The van der Waals surface area contributed by atoms with Crippen molar-refractivity contribution in [2.24, 2.45) is 0 Å². The number of hydrogen-bond donors (Lipinski definition) is 2. The molecule has 0 bridgehead atoms. The van der Waals surface area contributed by atoms with Crippen LogP contribution in [0.25, 0.3) is 0 Å². The van der Waals surface area contributed by atoms with Crippen LogP contribution in [0.2, 0.25) is 0 Å². The third-order valence-corrected chi connectivity index (χ3v) is 4.62. The number of aromatic nitrogens is 1. The summed E-state index contributed by atoms with van der Waals surface area (Å²) >= 11 is 0. The van der Waals surface area contributed by atoms with Gasteiger partial charge in [-0.3, -0.25) is 0 Å². The van der Waals surface area contributed by atoms with Crippen molar-refractivity contribution in [2.75, 3.05) is 13.1 Å². The summed E-state index contributed by atoms with van der Waals surface area (Å²) in [6, 6.07) is 2.00. The van der Waals surface area contributed by atoms with Crippen molar-refractivity contribution in [1.82, 2.24) is 14.6 Å². The summed E-state index contributed by atoms with van der Waals surface area (Å²) in [5.41, 5.74) is 0.842. The average Bonchev–Trinajstić information content (AvgIpc) is 2.85. The maximum Gasteiger partial charge on any atom is 0.245 e. The molecule has 0 aliphatic carbocycles. The Labute approximate surface area is 121 Å². The van der Waals surface area contributed by atoms with Crippen LogP contribution >= 0.6 is 0 Å². The number of hydrogen-bond acceptors (Lipinski definition) is 3. The van der Waals surface area contributed by atoms with E-state index in [2.05, 4.69) is 16.2 Å². The number of nitrogens with one attached hydrogen (secondary N) is 2. The van der Waals surface area contributed by atoms with E-state index in [-0.39, 0.29) is 11.4 Å². The highest BCUT2D eigenvalue weighted by atomic mass is 32.2. The Hall–Kier alpha value is -1.29. The number of terminal acetylenes is 1. The zero-order valence-corrected chi connectivity index (χ0v) is 13.1. The second-order valence-corrected chi connectivity index (χ2v) is 6.88. The van der Waals surface area contributed by atoms with Gasteiger partial charge in [0.05, 0.1) is 11.4 Å². The number of sulfonamides is 1. The highest BCUT2D eigenvalue weighted by Gasteiger charge is 2.24. The molecule has 20 heavy (non-hydrogen) atoms. The summed E-state index contributed by atoms with van der Waals surface area (Å²) in [7, 11) is -3.51. The van der Waals surface area contributed by atoms with Crippen LogP contribution in [0, 0.1) is 12.3 Å². The Morgan fingerprint density at radius 3 is 2.75 bits per heavy atom. The highest BCUT2D eigenvalue weighted by molar-refractivity contribution is 7.89. The summed E-state index contributed by atoms with van der Waals surface area (Å²) in [6.45, 7) is 7.13. The van der Waals surface area contributed by atoms with Crippen LogP contribution in [0.4, 0.5) is 0 Å². The molecule has 0 amide bonds. The molecular weight excluding hydrogens is 274 g/mol. The van der Waals surface area contributed by atoms with E-state index in [0.29, 0.717) is 19.1 Å². The van der Waals surface area contributed by atoms with Crippen LogP contribution in [0.15, 0.2) is 17.2 Å². The van der Waals surface area contributed by atoms with Gasteiger partial charge < -0.3 is 10.3 Å². The van der Waals surface area contributed by atoms with Gasteiger partial charge in [0, 0.05) is 31.0 Å². The average molecular weight is 297 g/mol. The minimum Gasteiger partial charge on any atom is -0.363 e. The maximum atomic E-state index is 12.5. The van der Waals surface area contributed by atoms with Crippen LogP contribution in [0.5, 0.6) is 0 Å². The third kappa shape index (κ3) is 4.37. The molecule has 1 aromatic rings. The van der Waals surface area contributed by atoms with Crippen LogP contribution in [0.3, 0.4) is 0 Å². The van der Waals surface area contributed by atoms with E-state index in [9.17, 15) is 8.42 Å². The molecule has 1 aromatic heterocycles. The molecule has 0 unspecified atom stereocenters. The van der Waals surface area contributed by atoms with Crippen molar-refractivity contribution < 1.29 is 8.42 Å². The maximum absolute atomic E-state index is 12.5. The monoisotopic (exact) mass is 297 g/mol. The Morgan fingerprint density at radius 2 is 2.20 bits per heavy atom. The summed E-state index contributed by atoms with van der Waals surface area (Å²) in [6.07, 6.45) is 7.50. The molecule has 0 saturated carbocycles. The summed E-state index contributed by atoms with van der Waals surface area (Å²) in [5.74, 6) is 2.40. The van der Waals surface area contributed by atoms with Crippen LogP contribution in [0.1, 0.15) is 32.9 Å². The molecule has 0 aliphatic heterocycles. The Morgan fingerprint density at radius 1 is 1.50 bits per heavy atom. The number of rotatable bonds is 8. The normalized spacial score (nSPS) is 12.0. The van der Waals surface area contributed by atoms with E-state index in [4.69, 9.17) is 6.42 Å². The van der Waals surface area contributed by atoms with Gasteiger partial charge >= 0.3 is 0 Å². The topological polar surface area (TPSA) is 65.2 Å². The summed E-state index contributed by atoms with van der Waals surface area (Å²) in [5, 5.41) is 3.23. The number of H-pyrrole nitrogens is 1. The Bertz CT molecular complexity index is 555. The molecule has 0 spiro atoms. The molecule has 0 aliphatic rings. The molecule has 0 saturated heterocycles. The Balaban J connectivity index is 2.89. The van der Waals surface area contributed by atoms with E-state index in [1.807, 2.05) is 20.8 Å². The van der Waals surface area contributed by atoms with E-state index < -0.39 is 10.0 Å². The van der Waals surface area contributed by atoms with Crippen molar-refractivity contribution in [1.29, 1.82) is 0 Å². The minimum absolute atomic E-state index is 0.0981. The Kier molecular flexibility index (Phi) is 6.27. The van der Waals surface area contributed by atoms with Gasteiger partial charge in [-0.15, -0.1) is 6.42 Å². The molecule has 5 nitrogen and oxygen atoms in total. The lowest BCUT2D eigenvalue weighted by Gasteiger charge is -2.17. The standard InChI is InChI=1S/C14H23N3O2S/c1-5-7-17(8-6-2)20(18,19)14-9-13(16-11-14)10-15-12(3)4/h1,9,11-12,15-16H,6-8,10H2,2-4H3. The van der Waals surface area contributed by atoms with Gasteiger partial charge in [0.2, 0.25) is 10.0 Å². The van der Waals surface area contributed by atoms with Crippen molar-refractivity contribution in [2.45, 2.75) is 44.7 Å². The second kappa shape index (κ2) is 7.48. The van der Waals surface area contributed by atoms with Crippen molar-refractivity contribution >= 4 is 10.0 Å². The predicted molar refractivity (Wildman–Crippen MR) is 80.7 cm³/mol. The van der Waals surface area contributed by atoms with E-state index in [0.717, 1.165) is 12.1 Å². The molecule has 2 N–H and O–H groups in total. The minimum atomic E-state index is -3.51. The molecule has 0 atom stereocenters.